The molecule has 2 N–H and O–H groups in total. The molecule has 1 saturated carbocycles. The summed E-state index contributed by atoms with van der Waals surface area (Å²) in [7, 11) is 0. The van der Waals surface area contributed by atoms with Gasteiger partial charge < -0.3 is 15.2 Å². The molecule has 6 nitrogen and oxygen atoms in total. The number of benzene rings is 1. The molecule has 25 heavy (non-hydrogen) atoms. The molecule has 6 heteroatoms. The van der Waals surface area contributed by atoms with Crippen molar-refractivity contribution in [1.82, 2.24) is 20.2 Å². The second-order valence-electron chi connectivity index (χ2n) is 7.11. The minimum Gasteiger partial charge on any atom is -0.349 e. The number of aryl methyl sites for hydroxylation is 1. The summed E-state index contributed by atoms with van der Waals surface area (Å²) in [6, 6.07) is 5.82. The Morgan fingerprint density at radius 1 is 1.40 bits per heavy atom. The fourth-order valence-corrected chi connectivity index (χ4v) is 3.91. The van der Waals surface area contributed by atoms with Crippen LogP contribution < -0.4 is 10.6 Å². The number of hydrogen-bond donors (Lipinski definition) is 2. The van der Waals surface area contributed by atoms with Gasteiger partial charge in [-0.1, -0.05) is 11.6 Å². The van der Waals surface area contributed by atoms with Crippen molar-refractivity contribution in [2.75, 3.05) is 0 Å². The van der Waals surface area contributed by atoms with Gasteiger partial charge in [0.05, 0.1) is 29.2 Å². The van der Waals surface area contributed by atoms with E-state index in [1.165, 1.54) is 0 Å². The number of piperidine rings is 1. The van der Waals surface area contributed by atoms with Gasteiger partial charge in [0.15, 0.2) is 0 Å². The molecule has 1 unspecified atom stereocenters. The van der Waals surface area contributed by atoms with Crippen LogP contribution in [0.25, 0.3) is 5.69 Å². The van der Waals surface area contributed by atoms with Crippen molar-refractivity contribution in [1.29, 1.82) is 0 Å². The van der Waals surface area contributed by atoms with Gasteiger partial charge in [-0.15, -0.1) is 0 Å². The van der Waals surface area contributed by atoms with Gasteiger partial charge in [0.1, 0.15) is 0 Å². The zero-order valence-corrected chi connectivity index (χ0v) is 14.3. The number of carbonyl (C=O) groups excluding carboxylic acids is 2. The molecular formula is C19H22N4O2. The molecule has 4 rings (SSSR count). The molecule has 2 amide bonds. The Kier molecular flexibility index (Phi) is 3.82. The number of imidazole rings is 1. The van der Waals surface area contributed by atoms with Crippen LogP contribution in [-0.2, 0) is 4.79 Å². The molecule has 0 radical (unpaired) electrons. The predicted octanol–water partition coefficient (Wildman–Crippen LogP) is 2.11. The van der Waals surface area contributed by atoms with Crippen LogP contribution in [0.5, 0.6) is 0 Å². The highest BCUT2D eigenvalue weighted by Crippen LogP contribution is 2.39. The highest BCUT2D eigenvalue weighted by atomic mass is 16.2. The number of carbonyl (C=O) groups is 2. The van der Waals surface area contributed by atoms with Crippen LogP contribution in [0.1, 0.15) is 48.0 Å². The van der Waals surface area contributed by atoms with E-state index in [-0.39, 0.29) is 23.4 Å². The number of amides is 2. The summed E-state index contributed by atoms with van der Waals surface area (Å²) in [4.78, 5) is 28.9. The van der Waals surface area contributed by atoms with Crippen LogP contribution in [0.2, 0.25) is 0 Å². The minimum absolute atomic E-state index is 0.0115. The molecule has 1 aliphatic carbocycles. The van der Waals surface area contributed by atoms with Gasteiger partial charge in [-0.05, 0) is 44.7 Å². The molecule has 1 aromatic heterocycles. The van der Waals surface area contributed by atoms with Gasteiger partial charge >= 0.3 is 0 Å². The van der Waals surface area contributed by atoms with Crippen molar-refractivity contribution < 1.29 is 9.59 Å². The van der Waals surface area contributed by atoms with Crippen LogP contribution >= 0.6 is 0 Å². The van der Waals surface area contributed by atoms with Crippen molar-refractivity contribution in [2.24, 2.45) is 0 Å². The molecule has 1 atom stereocenters. The maximum absolute atomic E-state index is 13.0. The average molecular weight is 338 g/mol. The van der Waals surface area contributed by atoms with Gasteiger partial charge in [0.25, 0.3) is 5.91 Å². The molecule has 2 heterocycles. The highest BCUT2D eigenvalue weighted by Gasteiger charge is 2.48. The lowest BCUT2D eigenvalue weighted by Gasteiger charge is -2.51. The van der Waals surface area contributed by atoms with E-state index in [4.69, 9.17) is 0 Å². The van der Waals surface area contributed by atoms with E-state index in [0.717, 1.165) is 30.5 Å². The number of nitrogens with one attached hydrogen (secondary N) is 2. The van der Waals surface area contributed by atoms with Gasteiger partial charge in [-0.25, -0.2) is 4.98 Å². The number of aromatic nitrogens is 2. The molecule has 1 saturated heterocycles. The molecule has 1 spiro atoms. The summed E-state index contributed by atoms with van der Waals surface area (Å²) in [6.07, 6.45) is 9.35. The van der Waals surface area contributed by atoms with Crippen molar-refractivity contribution in [2.45, 2.75) is 50.6 Å². The minimum atomic E-state index is -0.246. The monoisotopic (exact) mass is 338 g/mol. The maximum atomic E-state index is 13.0. The zero-order valence-electron chi connectivity index (χ0n) is 14.3. The summed E-state index contributed by atoms with van der Waals surface area (Å²) in [5.74, 6) is -0.000293. The topological polar surface area (TPSA) is 76.0 Å². The highest BCUT2D eigenvalue weighted by molar-refractivity contribution is 5.98. The fraction of sp³-hybridized carbons (Fsp3) is 0.421. The Balaban J connectivity index is 1.61. The normalized spacial score (nSPS) is 21.5. The van der Waals surface area contributed by atoms with Crippen molar-refractivity contribution >= 4 is 11.8 Å². The molecule has 2 aliphatic rings. The first-order valence-corrected chi connectivity index (χ1v) is 8.78. The maximum Gasteiger partial charge on any atom is 0.253 e. The van der Waals surface area contributed by atoms with Gasteiger partial charge in [0, 0.05) is 18.8 Å². The number of hydrogen-bond acceptors (Lipinski definition) is 3. The van der Waals surface area contributed by atoms with E-state index >= 15 is 0 Å². The summed E-state index contributed by atoms with van der Waals surface area (Å²) in [5.41, 5.74) is 2.22. The molecular weight excluding hydrogens is 316 g/mol. The lowest BCUT2D eigenvalue weighted by molar-refractivity contribution is -0.127. The Bertz CT molecular complexity index is 809. The van der Waals surface area contributed by atoms with Crippen LogP contribution in [-0.4, -0.2) is 32.9 Å². The Labute approximate surface area is 146 Å². The average Bonchev–Trinajstić information content (AvgIpc) is 3.09. The quantitative estimate of drug-likeness (QED) is 0.900. The van der Waals surface area contributed by atoms with E-state index in [1.807, 2.05) is 35.9 Å². The van der Waals surface area contributed by atoms with Gasteiger partial charge in [-0.2, -0.15) is 0 Å². The third-order valence-corrected chi connectivity index (χ3v) is 5.45. The number of nitrogens with zero attached hydrogens (tertiary/aromatic N) is 2. The van der Waals surface area contributed by atoms with E-state index in [1.54, 1.807) is 12.5 Å². The molecule has 2 fully saturated rings. The van der Waals surface area contributed by atoms with Crippen LogP contribution in [0, 0.1) is 6.92 Å². The van der Waals surface area contributed by atoms with Gasteiger partial charge in [0.2, 0.25) is 5.91 Å². The SMILES string of the molecule is Cc1ccc(-n2ccnc2)c(C(=O)NC2CCC(=O)NC23CCC3)c1. The summed E-state index contributed by atoms with van der Waals surface area (Å²) in [5, 5.41) is 6.31. The molecule has 0 bridgehead atoms. The predicted molar refractivity (Wildman–Crippen MR) is 93.5 cm³/mol. The van der Waals surface area contributed by atoms with E-state index in [2.05, 4.69) is 15.6 Å². The second-order valence-corrected chi connectivity index (χ2v) is 7.11. The summed E-state index contributed by atoms with van der Waals surface area (Å²) < 4.78 is 1.84. The van der Waals surface area contributed by atoms with Crippen LogP contribution in [0.15, 0.2) is 36.9 Å². The van der Waals surface area contributed by atoms with E-state index < -0.39 is 0 Å². The van der Waals surface area contributed by atoms with Crippen LogP contribution in [0.3, 0.4) is 0 Å². The van der Waals surface area contributed by atoms with E-state index in [9.17, 15) is 9.59 Å². The first-order valence-electron chi connectivity index (χ1n) is 8.78. The fourth-order valence-electron chi connectivity index (χ4n) is 3.91. The zero-order chi connectivity index (χ0) is 17.4. The lowest BCUT2D eigenvalue weighted by Crippen LogP contribution is -2.68. The number of rotatable bonds is 3. The molecule has 1 aromatic carbocycles. The lowest BCUT2D eigenvalue weighted by atomic mass is 9.68. The standard InChI is InChI=1S/C19H22N4O2/c1-13-3-4-15(23-10-9-20-12-23)14(11-13)18(25)21-16-5-6-17(24)22-19(16)7-2-8-19/h3-4,9-12,16H,2,5-8H2,1H3,(H,21,25)(H,22,24). The van der Waals surface area contributed by atoms with E-state index in [0.29, 0.717) is 18.4 Å². The van der Waals surface area contributed by atoms with Crippen molar-refractivity contribution in [3.05, 3.63) is 48.0 Å². The molecule has 1 aliphatic heterocycles. The van der Waals surface area contributed by atoms with Crippen LogP contribution in [0.4, 0.5) is 0 Å². The largest absolute Gasteiger partial charge is 0.349 e. The summed E-state index contributed by atoms with van der Waals surface area (Å²) >= 11 is 0. The third-order valence-electron chi connectivity index (χ3n) is 5.45. The third kappa shape index (κ3) is 2.81. The molecule has 2 aromatic rings. The second kappa shape index (κ2) is 6.02. The smallest absolute Gasteiger partial charge is 0.253 e. The van der Waals surface area contributed by atoms with Crippen molar-refractivity contribution in [3.63, 3.8) is 0 Å². The first kappa shape index (κ1) is 15.9. The van der Waals surface area contributed by atoms with Gasteiger partial charge in [-0.3, -0.25) is 9.59 Å². The van der Waals surface area contributed by atoms with Crippen molar-refractivity contribution in [3.8, 4) is 5.69 Å². The first-order chi connectivity index (χ1) is 12.1. The Hall–Kier alpha value is -2.63. The summed E-state index contributed by atoms with van der Waals surface area (Å²) in [6.45, 7) is 1.97. The molecule has 130 valence electrons. The Morgan fingerprint density at radius 2 is 2.24 bits per heavy atom. The Morgan fingerprint density at radius 3 is 2.92 bits per heavy atom.